The summed E-state index contributed by atoms with van der Waals surface area (Å²) in [6, 6.07) is 7.25. The van der Waals surface area contributed by atoms with Gasteiger partial charge in [-0.05, 0) is 80.6 Å². The maximum Gasteiger partial charge on any atom is 0.255 e. The molecule has 22 heavy (non-hydrogen) atoms. The number of nitrogens with one attached hydrogen (secondary N) is 1. The predicted octanol–water partition coefficient (Wildman–Crippen LogP) is 5.68. The summed E-state index contributed by atoms with van der Waals surface area (Å²) in [5.74, 6) is -0.145. The van der Waals surface area contributed by atoms with E-state index in [-0.39, 0.29) is 5.91 Å². The van der Waals surface area contributed by atoms with Crippen molar-refractivity contribution >= 4 is 65.1 Å². The maximum absolute atomic E-state index is 12.5. The van der Waals surface area contributed by atoms with Crippen molar-refractivity contribution in [1.29, 1.82) is 0 Å². The van der Waals surface area contributed by atoms with Gasteiger partial charge in [0.1, 0.15) is 0 Å². The van der Waals surface area contributed by atoms with Gasteiger partial charge in [-0.2, -0.15) is 0 Å². The molecule has 0 atom stereocenters. The van der Waals surface area contributed by atoms with Gasteiger partial charge in [0.25, 0.3) is 5.91 Å². The average molecular weight is 491 g/mol. The van der Waals surface area contributed by atoms with Gasteiger partial charge in [-0.25, -0.2) is 0 Å². The molecule has 0 unspecified atom stereocenters. The first-order chi connectivity index (χ1) is 10.4. The highest BCUT2D eigenvalue weighted by Crippen LogP contribution is 2.40. The van der Waals surface area contributed by atoms with Gasteiger partial charge in [0.05, 0.1) is 5.69 Å². The van der Waals surface area contributed by atoms with Crippen LogP contribution >= 0.6 is 47.8 Å². The van der Waals surface area contributed by atoms with Crippen molar-refractivity contribution in [2.24, 2.45) is 0 Å². The number of nitrogen functional groups attached to an aromatic ring is 1. The van der Waals surface area contributed by atoms with Crippen LogP contribution in [-0.2, 0) is 6.42 Å². The Morgan fingerprint density at radius 1 is 1.14 bits per heavy atom. The summed E-state index contributed by atoms with van der Waals surface area (Å²) in [5, 5.41) is 3.00. The van der Waals surface area contributed by atoms with Gasteiger partial charge < -0.3 is 11.1 Å². The van der Waals surface area contributed by atoms with Gasteiger partial charge in [0.15, 0.2) is 0 Å². The van der Waals surface area contributed by atoms with E-state index >= 15 is 0 Å². The number of halogens is 3. The van der Waals surface area contributed by atoms with E-state index in [1.54, 1.807) is 12.1 Å². The Morgan fingerprint density at radius 2 is 1.73 bits per heavy atom. The minimum atomic E-state index is -0.145. The molecule has 116 valence electrons. The second-order valence-corrected chi connectivity index (χ2v) is 7.34. The van der Waals surface area contributed by atoms with Crippen molar-refractivity contribution in [3.8, 4) is 0 Å². The highest BCUT2D eigenvalue weighted by molar-refractivity contribution is 9.11. The fraction of sp³-hybridized carbons (Fsp3) is 0.188. The van der Waals surface area contributed by atoms with Gasteiger partial charge in [-0.1, -0.05) is 22.9 Å². The van der Waals surface area contributed by atoms with Crippen LogP contribution in [0, 0.1) is 6.92 Å². The van der Waals surface area contributed by atoms with E-state index in [9.17, 15) is 4.79 Å². The smallest absolute Gasteiger partial charge is 0.255 e. The molecule has 0 fully saturated rings. The molecule has 1 amide bonds. The number of rotatable bonds is 3. The minimum Gasteiger partial charge on any atom is -0.397 e. The van der Waals surface area contributed by atoms with Crippen molar-refractivity contribution in [2.45, 2.75) is 20.3 Å². The molecule has 3 nitrogen and oxygen atoms in total. The van der Waals surface area contributed by atoms with Crippen LogP contribution in [0.1, 0.15) is 28.4 Å². The summed E-state index contributed by atoms with van der Waals surface area (Å²) < 4.78 is 2.55. The molecule has 0 saturated carbocycles. The van der Waals surface area contributed by atoms with Crippen LogP contribution in [0.5, 0.6) is 0 Å². The summed E-state index contributed by atoms with van der Waals surface area (Å²) in [4.78, 5) is 12.5. The molecule has 0 aromatic heterocycles. The van der Waals surface area contributed by atoms with Gasteiger partial charge in [0, 0.05) is 24.7 Å². The first-order valence-electron chi connectivity index (χ1n) is 6.69. The van der Waals surface area contributed by atoms with E-state index < -0.39 is 0 Å². The van der Waals surface area contributed by atoms with Crippen molar-refractivity contribution in [3.05, 3.63) is 54.4 Å². The van der Waals surface area contributed by atoms with Gasteiger partial charge >= 0.3 is 0 Å². The number of nitrogens with two attached hydrogens (primary N) is 1. The molecule has 2 aromatic carbocycles. The molecular weight excluding hydrogens is 476 g/mol. The molecule has 2 aromatic rings. The molecule has 0 spiro atoms. The van der Waals surface area contributed by atoms with Crippen molar-refractivity contribution in [3.63, 3.8) is 0 Å². The molecule has 0 bridgehead atoms. The number of amides is 1. The summed E-state index contributed by atoms with van der Waals surface area (Å²) in [5.41, 5.74) is 10.0. The average Bonchev–Trinajstić information content (AvgIpc) is 2.51. The Balaban J connectivity index is 2.45. The van der Waals surface area contributed by atoms with Gasteiger partial charge in [0.2, 0.25) is 0 Å². The van der Waals surface area contributed by atoms with E-state index in [4.69, 9.17) is 5.73 Å². The van der Waals surface area contributed by atoms with Crippen LogP contribution in [-0.4, -0.2) is 5.91 Å². The van der Waals surface area contributed by atoms with Crippen molar-refractivity contribution < 1.29 is 4.79 Å². The molecule has 0 radical (unpaired) electrons. The Labute approximate surface area is 155 Å². The highest BCUT2D eigenvalue weighted by atomic mass is 79.9. The van der Waals surface area contributed by atoms with Crippen molar-refractivity contribution in [1.82, 2.24) is 0 Å². The quantitative estimate of drug-likeness (QED) is 0.544. The van der Waals surface area contributed by atoms with E-state index in [2.05, 4.69) is 53.1 Å². The molecular formula is C16H15Br3N2O. The zero-order chi connectivity index (χ0) is 16.4. The Kier molecular flexibility index (Phi) is 5.69. The van der Waals surface area contributed by atoms with Crippen LogP contribution in [0.2, 0.25) is 0 Å². The van der Waals surface area contributed by atoms with Crippen LogP contribution in [0.15, 0.2) is 37.7 Å². The third-order valence-electron chi connectivity index (χ3n) is 3.44. The number of carbonyl (C=O) groups is 1. The predicted molar refractivity (Wildman–Crippen MR) is 102 cm³/mol. The summed E-state index contributed by atoms with van der Waals surface area (Å²) in [6.07, 6.45) is 0.759. The molecule has 2 rings (SSSR count). The topological polar surface area (TPSA) is 55.1 Å². The first kappa shape index (κ1) is 17.5. The third kappa shape index (κ3) is 3.39. The zero-order valence-corrected chi connectivity index (χ0v) is 16.9. The first-order valence-corrected chi connectivity index (χ1v) is 9.07. The van der Waals surface area contributed by atoms with Gasteiger partial charge in [-0.3, -0.25) is 4.79 Å². The number of anilines is 2. The van der Waals surface area contributed by atoms with E-state index in [0.717, 1.165) is 36.7 Å². The fourth-order valence-electron chi connectivity index (χ4n) is 2.19. The lowest BCUT2D eigenvalue weighted by Crippen LogP contribution is -2.15. The highest BCUT2D eigenvalue weighted by Gasteiger charge is 2.18. The van der Waals surface area contributed by atoms with E-state index in [1.807, 2.05) is 26.0 Å². The largest absolute Gasteiger partial charge is 0.397 e. The normalized spacial score (nSPS) is 10.6. The molecule has 0 aliphatic carbocycles. The molecule has 0 aliphatic rings. The van der Waals surface area contributed by atoms with Crippen LogP contribution in [0.4, 0.5) is 11.4 Å². The lowest BCUT2D eigenvalue weighted by molar-refractivity contribution is 0.102. The molecule has 6 heteroatoms. The Bertz CT molecular complexity index is 727. The Morgan fingerprint density at radius 3 is 2.27 bits per heavy atom. The van der Waals surface area contributed by atoms with Crippen LogP contribution in [0.25, 0.3) is 0 Å². The maximum atomic E-state index is 12.5. The van der Waals surface area contributed by atoms with Gasteiger partial charge in [-0.15, -0.1) is 0 Å². The summed E-state index contributed by atoms with van der Waals surface area (Å²) >= 11 is 10.4. The molecule has 3 N–H and O–H groups in total. The summed E-state index contributed by atoms with van der Waals surface area (Å²) in [6.45, 7) is 3.96. The lowest BCUT2D eigenvalue weighted by Gasteiger charge is -2.18. The third-order valence-corrected chi connectivity index (χ3v) is 5.90. The second kappa shape index (κ2) is 7.15. The fourth-order valence-corrected chi connectivity index (χ4v) is 3.80. The van der Waals surface area contributed by atoms with E-state index in [0.29, 0.717) is 11.3 Å². The van der Waals surface area contributed by atoms with Crippen LogP contribution < -0.4 is 11.1 Å². The van der Waals surface area contributed by atoms with E-state index in [1.165, 1.54) is 0 Å². The number of hydrogen-bond acceptors (Lipinski definition) is 2. The number of benzene rings is 2. The SMILES string of the molecule is CCc1c(Br)c(N)c(Br)c(C)c1NC(=O)c1ccc(Br)cc1. The molecule has 0 aliphatic heterocycles. The lowest BCUT2D eigenvalue weighted by atomic mass is 10.0. The zero-order valence-electron chi connectivity index (χ0n) is 12.1. The Hall–Kier alpha value is -0.850. The number of carbonyl (C=O) groups excluding carboxylic acids is 1. The molecule has 0 saturated heterocycles. The van der Waals surface area contributed by atoms with Crippen molar-refractivity contribution in [2.75, 3.05) is 11.1 Å². The molecule has 0 heterocycles. The number of hydrogen-bond donors (Lipinski definition) is 2. The minimum absolute atomic E-state index is 0.145. The monoisotopic (exact) mass is 488 g/mol. The summed E-state index contributed by atoms with van der Waals surface area (Å²) in [7, 11) is 0. The second-order valence-electron chi connectivity index (χ2n) is 4.83. The standard InChI is InChI=1S/C16H15Br3N2O/c1-3-11-13(19)14(20)12(18)8(2)15(11)21-16(22)9-4-6-10(17)7-5-9/h4-7H,3,20H2,1-2H3,(H,21,22). The van der Waals surface area contributed by atoms with Crippen LogP contribution in [0.3, 0.4) is 0 Å².